The quantitative estimate of drug-likeness (QED) is 0.801. The molecule has 0 bridgehead atoms. The Morgan fingerprint density at radius 2 is 1.95 bits per heavy atom. The summed E-state index contributed by atoms with van der Waals surface area (Å²) in [6, 6.07) is 9.55. The normalized spacial score (nSPS) is 17.2. The molecule has 104 valence electrons. The zero-order valence-corrected chi connectivity index (χ0v) is 11.5. The van der Waals surface area contributed by atoms with Gasteiger partial charge in [-0.05, 0) is 37.8 Å². The molecule has 0 amide bonds. The fourth-order valence-electron chi connectivity index (χ4n) is 2.85. The Balaban J connectivity index is 2.00. The van der Waals surface area contributed by atoms with E-state index in [-0.39, 0.29) is 5.78 Å². The number of carbonyl (C=O) groups excluding carboxylic acids is 1. The summed E-state index contributed by atoms with van der Waals surface area (Å²) in [5.74, 6) is -0.0219. The monoisotopic (exact) mass is 271 g/mol. The van der Waals surface area contributed by atoms with Gasteiger partial charge in [0.1, 0.15) is 11.3 Å². The molecule has 20 heavy (non-hydrogen) atoms. The average molecular weight is 271 g/mol. The first-order valence-corrected chi connectivity index (χ1v) is 6.83. The van der Waals surface area contributed by atoms with Gasteiger partial charge in [-0.15, -0.1) is 5.10 Å². The lowest BCUT2D eigenvalue weighted by Crippen LogP contribution is -2.38. The van der Waals surface area contributed by atoms with Crippen LogP contribution in [0.1, 0.15) is 36.2 Å². The highest BCUT2D eigenvalue weighted by Crippen LogP contribution is 2.35. The number of hydrogen-bond donors (Lipinski definition) is 0. The summed E-state index contributed by atoms with van der Waals surface area (Å²) in [6.45, 7) is 0. The van der Waals surface area contributed by atoms with Crippen molar-refractivity contribution in [2.24, 2.45) is 0 Å². The fraction of sp³-hybridized carbons (Fsp3) is 0.400. The molecule has 5 heteroatoms. The predicted molar refractivity (Wildman–Crippen MR) is 73.9 cm³/mol. The molecule has 0 N–H and O–H groups in total. The largest absolute Gasteiger partial charge is 0.370 e. The highest BCUT2D eigenvalue weighted by Gasteiger charge is 2.43. The summed E-state index contributed by atoms with van der Waals surface area (Å²) in [5, 5.41) is 7.93. The van der Waals surface area contributed by atoms with Gasteiger partial charge >= 0.3 is 0 Å². The maximum absolute atomic E-state index is 12.8. The molecule has 1 aromatic heterocycles. The number of hydrogen-bond acceptors (Lipinski definition) is 4. The molecule has 1 aliphatic carbocycles. The van der Waals surface area contributed by atoms with Crippen LogP contribution < -0.4 is 0 Å². The molecule has 1 fully saturated rings. The molecule has 3 rings (SSSR count). The number of para-hydroxylation sites is 1. The summed E-state index contributed by atoms with van der Waals surface area (Å²) < 4.78 is 7.14. The number of nitrogens with zero attached hydrogens (tertiary/aromatic N) is 3. The molecule has 0 saturated heterocycles. The van der Waals surface area contributed by atoms with Crippen LogP contribution in [0, 0.1) is 0 Å². The first-order chi connectivity index (χ1) is 9.77. The second-order valence-corrected chi connectivity index (χ2v) is 5.10. The lowest BCUT2D eigenvalue weighted by atomic mass is 9.94. The molecule has 0 radical (unpaired) electrons. The number of rotatable bonds is 4. The lowest BCUT2D eigenvalue weighted by molar-refractivity contribution is 0.00536. The van der Waals surface area contributed by atoms with Gasteiger partial charge in [0.05, 0.1) is 11.9 Å². The minimum atomic E-state index is -0.700. The molecule has 0 aliphatic heterocycles. The zero-order chi connectivity index (χ0) is 14.0. The Labute approximate surface area is 117 Å². The van der Waals surface area contributed by atoms with Crippen molar-refractivity contribution >= 4 is 5.78 Å². The SMILES string of the molecule is COC1(C(=O)c2cnnn2-c2ccccc2)CCCC1. The fourth-order valence-corrected chi connectivity index (χ4v) is 2.85. The molecule has 0 atom stereocenters. The summed E-state index contributed by atoms with van der Waals surface area (Å²) in [7, 11) is 1.61. The Morgan fingerprint density at radius 3 is 2.60 bits per heavy atom. The number of carbonyl (C=O) groups is 1. The summed E-state index contributed by atoms with van der Waals surface area (Å²) in [4.78, 5) is 12.8. The third-order valence-electron chi connectivity index (χ3n) is 4.00. The molecule has 0 spiro atoms. The number of ketones is 1. The summed E-state index contributed by atoms with van der Waals surface area (Å²) in [5.41, 5.74) is 0.617. The van der Waals surface area contributed by atoms with Crippen LogP contribution >= 0.6 is 0 Å². The standard InChI is InChI=1S/C15H17N3O2/c1-20-15(9-5-6-10-15)14(19)13-11-16-17-18(13)12-7-3-2-4-8-12/h2-4,7-8,11H,5-6,9-10H2,1H3. The van der Waals surface area contributed by atoms with E-state index in [2.05, 4.69) is 10.3 Å². The van der Waals surface area contributed by atoms with Gasteiger partial charge < -0.3 is 4.74 Å². The maximum atomic E-state index is 12.8. The molecule has 1 heterocycles. The van der Waals surface area contributed by atoms with Crippen molar-refractivity contribution in [2.45, 2.75) is 31.3 Å². The van der Waals surface area contributed by atoms with Crippen molar-refractivity contribution in [2.75, 3.05) is 7.11 Å². The van der Waals surface area contributed by atoms with E-state index in [0.29, 0.717) is 5.69 Å². The molecule has 1 aliphatic rings. The first-order valence-electron chi connectivity index (χ1n) is 6.83. The van der Waals surface area contributed by atoms with E-state index < -0.39 is 5.60 Å². The van der Waals surface area contributed by atoms with Crippen LogP contribution in [0.25, 0.3) is 5.69 Å². The van der Waals surface area contributed by atoms with Gasteiger partial charge in [-0.25, -0.2) is 4.68 Å². The lowest BCUT2D eigenvalue weighted by Gasteiger charge is -2.25. The maximum Gasteiger partial charge on any atom is 0.214 e. The topological polar surface area (TPSA) is 57.0 Å². The Morgan fingerprint density at radius 1 is 1.25 bits per heavy atom. The van der Waals surface area contributed by atoms with Crippen LogP contribution in [0.3, 0.4) is 0 Å². The molecule has 1 aromatic carbocycles. The van der Waals surface area contributed by atoms with Crippen molar-refractivity contribution in [3.8, 4) is 5.69 Å². The van der Waals surface area contributed by atoms with Crippen LogP contribution in [0.4, 0.5) is 0 Å². The molecule has 1 saturated carbocycles. The smallest absolute Gasteiger partial charge is 0.214 e. The Bertz CT molecular complexity index is 601. The second kappa shape index (κ2) is 5.17. The van der Waals surface area contributed by atoms with Gasteiger partial charge in [-0.1, -0.05) is 23.4 Å². The summed E-state index contributed by atoms with van der Waals surface area (Å²) in [6.07, 6.45) is 5.10. The van der Waals surface area contributed by atoms with Crippen LogP contribution in [-0.2, 0) is 4.74 Å². The average Bonchev–Trinajstić information content (AvgIpc) is 3.17. The van der Waals surface area contributed by atoms with Crippen LogP contribution in [-0.4, -0.2) is 33.5 Å². The number of ether oxygens (including phenoxy) is 1. The zero-order valence-electron chi connectivity index (χ0n) is 11.5. The molecule has 0 unspecified atom stereocenters. The van der Waals surface area contributed by atoms with E-state index in [4.69, 9.17) is 4.74 Å². The number of Topliss-reactive ketones (excluding diaryl/α,β-unsaturated/α-hetero) is 1. The van der Waals surface area contributed by atoms with Crippen molar-refractivity contribution in [1.82, 2.24) is 15.0 Å². The van der Waals surface area contributed by atoms with Crippen molar-refractivity contribution < 1.29 is 9.53 Å². The minimum absolute atomic E-state index is 0.0219. The van der Waals surface area contributed by atoms with Crippen molar-refractivity contribution in [3.05, 3.63) is 42.2 Å². The van der Waals surface area contributed by atoms with Gasteiger partial charge in [-0.2, -0.15) is 0 Å². The van der Waals surface area contributed by atoms with Crippen molar-refractivity contribution in [1.29, 1.82) is 0 Å². The summed E-state index contributed by atoms with van der Waals surface area (Å²) >= 11 is 0. The first kappa shape index (κ1) is 13.0. The van der Waals surface area contributed by atoms with Crippen LogP contribution in [0.15, 0.2) is 36.5 Å². The number of methoxy groups -OCH3 is 1. The highest BCUT2D eigenvalue weighted by atomic mass is 16.5. The molecular formula is C15H17N3O2. The van der Waals surface area contributed by atoms with Gasteiger partial charge in [0, 0.05) is 7.11 Å². The predicted octanol–water partition coefficient (Wildman–Crippen LogP) is 2.41. The molecule has 5 nitrogen and oxygen atoms in total. The molecule has 2 aromatic rings. The minimum Gasteiger partial charge on any atom is -0.370 e. The van der Waals surface area contributed by atoms with Crippen LogP contribution in [0.2, 0.25) is 0 Å². The van der Waals surface area contributed by atoms with Gasteiger partial charge in [0.2, 0.25) is 5.78 Å². The van der Waals surface area contributed by atoms with E-state index in [1.54, 1.807) is 11.8 Å². The Kier molecular flexibility index (Phi) is 3.36. The van der Waals surface area contributed by atoms with Crippen LogP contribution in [0.5, 0.6) is 0 Å². The van der Waals surface area contributed by atoms with Gasteiger partial charge in [0.25, 0.3) is 0 Å². The van der Waals surface area contributed by atoms with E-state index in [1.165, 1.54) is 6.20 Å². The third-order valence-corrected chi connectivity index (χ3v) is 4.00. The second-order valence-electron chi connectivity index (χ2n) is 5.10. The van der Waals surface area contributed by atoms with E-state index >= 15 is 0 Å². The van der Waals surface area contributed by atoms with E-state index in [0.717, 1.165) is 31.4 Å². The third kappa shape index (κ3) is 2.04. The number of benzene rings is 1. The number of aromatic nitrogens is 3. The van der Waals surface area contributed by atoms with E-state index in [1.807, 2.05) is 30.3 Å². The van der Waals surface area contributed by atoms with E-state index in [9.17, 15) is 4.79 Å². The Hall–Kier alpha value is -2.01. The van der Waals surface area contributed by atoms with Gasteiger partial charge in [-0.3, -0.25) is 4.79 Å². The van der Waals surface area contributed by atoms with Gasteiger partial charge in [0.15, 0.2) is 0 Å². The highest BCUT2D eigenvalue weighted by molar-refractivity contribution is 6.01. The van der Waals surface area contributed by atoms with Crippen molar-refractivity contribution in [3.63, 3.8) is 0 Å². The molecular weight excluding hydrogens is 254 g/mol.